The van der Waals surface area contributed by atoms with Gasteiger partial charge >= 0.3 is 0 Å². The first kappa shape index (κ1) is 13.5. The van der Waals surface area contributed by atoms with Crippen LogP contribution in [0.15, 0.2) is 18.2 Å². The summed E-state index contributed by atoms with van der Waals surface area (Å²) >= 11 is 5.97. The van der Waals surface area contributed by atoms with Crippen LogP contribution in [0.4, 0.5) is 0 Å². The summed E-state index contributed by atoms with van der Waals surface area (Å²) in [6.07, 6.45) is 2.24. The Morgan fingerprint density at radius 1 is 1.55 bits per heavy atom. The number of carbonyl (C=O) groups excluding carboxylic acids is 1. The number of halogens is 1. The van der Waals surface area contributed by atoms with Crippen LogP contribution in [0, 0.1) is 6.92 Å². The van der Waals surface area contributed by atoms with Crippen LogP contribution in [0.1, 0.15) is 28.9 Å². The van der Waals surface area contributed by atoms with E-state index in [-0.39, 0.29) is 12.0 Å². The fourth-order valence-corrected chi connectivity index (χ4v) is 2.81. The van der Waals surface area contributed by atoms with Crippen molar-refractivity contribution in [1.82, 2.24) is 10.3 Å². The van der Waals surface area contributed by atoms with Gasteiger partial charge in [-0.2, -0.15) is 0 Å². The van der Waals surface area contributed by atoms with E-state index in [2.05, 4.69) is 10.3 Å². The number of aromatic nitrogens is 1. The summed E-state index contributed by atoms with van der Waals surface area (Å²) < 4.78 is 5.50. The summed E-state index contributed by atoms with van der Waals surface area (Å²) in [7, 11) is 0. The predicted octanol–water partition coefficient (Wildman–Crippen LogP) is 3.04. The molecule has 1 aliphatic rings. The molecule has 1 atom stereocenters. The molecule has 0 radical (unpaired) electrons. The number of benzene rings is 1. The molecule has 1 aliphatic heterocycles. The van der Waals surface area contributed by atoms with E-state index in [0.29, 0.717) is 17.3 Å². The van der Waals surface area contributed by atoms with Crippen LogP contribution in [-0.2, 0) is 4.74 Å². The largest absolute Gasteiger partial charge is 0.376 e. The van der Waals surface area contributed by atoms with E-state index < -0.39 is 0 Å². The van der Waals surface area contributed by atoms with Gasteiger partial charge in [0.2, 0.25) is 0 Å². The van der Waals surface area contributed by atoms with Gasteiger partial charge in [-0.05, 0) is 37.5 Å². The molecule has 1 unspecified atom stereocenters. The lowest BCUT2D eigenvalue weighted by Crippen LogP contribution is -2.32. The Bertz CT molecular complexity index is 645. The first-order valence-corrected chi connectivity index (χ1v) is 7.20. The Kier molecular flexibility index (Phi) is 3.68. The minimum absolute atomic E-state index is 0.0923. The van der Waals surface area contributed by atoms with Gasteiger partial charge in [0, 0.05) is 29.1 Å². The number of nitrogens with one attached hydrogen (secondary N) is 2. The third kappa shape index (κ3) is 2.53. The van der Waals surface area contributed by atoms with E-state index in [9.17, 15) is 4.79 Å². The van der Waals surface area contributed by atoms with E-state index >= 15 is 0 Å². The van der Waals surface area contributed by atoms with E-state index in [1.807, 2.05) is 25.1 Å². The molecule has 1 aromatic carbocycles. The van der Waals surface area contributed by atoms with Gasteiger partial charge in [0.25, 0.3) is 5.91 Å². The lowest BCUT2D eigenvalue weighted by Gasteiger charge is -2.10. The number of carbonyl (C=O) groups is 1. The van der Waals surface area contributed by atoms with Crippen molar-refractivity contribution in [3.63, 3.8) is 0 Å². The predicted molar refractivity (Wildman–Crippen MR) is 79.4 cm³/mol. The van der Waals surface area contributed by atoms with Gasteiger partial charge in [0.05, 0.1) is 6.10 Å². The van der Waals surface area contributed by atoms with E-state index in [1.165, 1.54) is 0 Å². The highest BCUT2D eigenvalue weighted by Gasteiger charge is 2.19. The highest BCUT2D eigenvalue weighted by Crippen LogP contribution is 2.24. The van der Waals surface area contributed by atoms with Crippen LogP contribution in [-0.4, -0.2) is 30.1 Å². The van der Waals surface area contributed by atoms with Crippen molar-refractivity contribution in [3.05, 3.63) is 34.5 Å². The van der Waals surface area contributed by atoms with E-state index in [1.54, 1.807) is 0 Å². The summed E-state index contributed by atoms with van der Waals surface area (Å²) in [5.41, 5.74) is 2.43. The SMILES string of the molecule is Cc1c(C(=O)NCC2CCCO2)[nH]c2cc(Cl)ccc12. The molecule has 4 nitrogen and oxygen atoms in total. The van der Waals surface area contributed by atoms with Crippen molar-refractivity contribution >= 4 is 28.4 Å². The minimum atomic E-state index is -0.0923. The van der Waals surface area contributed by atoms with Crippen LogP contribution < -0.4 is 5.32 Å². The maximum absolute atomic E-state index is 12.2. The quantitative estimate of drug-likeness (QED) is 0.913. The van der Waals surface area contributed by atoms with Gasteiger partial charge in [-0.15, -0.1) is 0 Å². The molecule has 2 N–H and O–H groups in total. The Labute approximate surface area is 122 Å². The number of hydrogen-bond donors (Lipinski definition) is 2. The van der Waals surface area contributed by atoms with Crippen molar-refractivity contribution in [3.8, 4) is 0 Å². The molecule has 1 saturated heterocycles. The number of H-pyrrole nitrogens is 1. The lowest BCUT2D eigenvalue weighted by atomic mass is 10.1. The standard InChI is InChI=1S/C15H17ClN2O2/c1-9-12-5-4-10(16)7-13(12)18-14(9)15(19)17-8-11-3-2-6-20-11/h4-5,7,11,18H,2-3,6,8H2,1H3,(H,17,19). The van der Waals surface area contributed by atoms with Crippen molar-refractivity contribution in [2.75, 3.05) is 13.2 Å². The van der Waals surface area contributed by atoms with Crippen LogP contribution in [0.3, 0.4) is 0 Å². The fraction of sp³-hybridized carbons (Fsp3) is 0.400. The van der Waals surface area contributed by atoms with Gasteiger partial charge in [0.15, 0.2) is 0 Å². The molecule has 106 valence electrons. The number of aryl methyl sites for hydroxylation is 1. The molecule has 1 amide bonds. The molecular weight excluding hydrogens is 276 g/mol. The number of ether oxygens (including phenoxy) is 1. The van der Waals surface area contributed by atoms with Crippen molar-refractivity contribution in [2.45, 2.75) is 25.9 Å². The third-order valence-corrected chi connectivity index (χ3v) is 4.00. The van der Waals surface area contributed by atoms with E-state index in [0.717, 1.165) is 35.9 Å². The second-order valence-electron chi connectivity index (χ2n) is 5.16. The van der Waals surface area contributed by atoms with Crippen LogP contribution in [0.2, 0.25) is 5.02 Å². The first-order chi connectivity index (χ1) is 9.65. The molecule has 3 rings (SSSR count). The van der Waals surface area contributed by atoms with Gasteiger partial charge in [-0.1, -0.05) is 17.7 Å². The number of hydrogen-bond acceptors (Lipinski definition) is 2. The second-order valence-corrected chi connectivity index (χ2v) is 5.60. The number of amides is 1. The zero-order valence-electron chi connectivity index (χ0n) is 11.3. The fourth-order valence-electron chi connectivity index (χ4n) is 2.64. The molecule has 1 aromatic heterocycles. The van der Waals surface area contributed by atoms with Gasteiger partial charge in [0.1, 0.15) is 5.69 Å². The summed E-state index contributed by atoms with van der Waals surface area (Å²) in [6.45, 7) is 3.30. The minimum Gasteiger partial charge on any atom is -0.376 e. The summed E-state index contributed by atoms with van der Waals surface area (Å²) in [4.78, 5) is 15.4. The Morgan fingerprint density at radius 3 is 3.15 bits per heavy atom. The molecule has 1 fully saturated rings. The maximum atomic E-state index is 12.2. The lowest BCUT2D eigenvalue weighted by molar-refractivity contribution is 0.0854. The molecule has 0 bridgehead atoms. The highest BCUT2D eigenvalue weighted by molar-refractivity contribution is 6.31. The topological polar surface area (TPSA) is 54.1 Å². The number of aromatic amines is 1. The van der Waals surface area contributed by atoms with Crippen LogP contribution in [0.5, 0.6) is 0 Å². The second kappa shape index (κ2) is 5.46. The molecule has 0 saturated carbocycles. The third-order valence-electron chi connectivity index (χ3n) is 3.76. The molecule has 5 heteroatoms. The van der Waals surface area contributed by atoms with Gasteiger partial charge in [-0.3, -0.25) is 4.79 Å². The monoisotopic (exact) mass is 292 g/mol. The zero-order chi connectivity index (χ0) is 14.1. The molecule has 20 heavy (non-hydrogen) atoms. The number of fused-ring (bicyclic) bond motifs is 1. The Hall–Kier alpha value is -1.52. The van der Waals surface area contributed by atoms with Crippen LogP contribution in [0.25, 0.3) is 10.9 Å². The van der Waals surface area contributed by atoms with Gasteiger partial charge in [-0.25, -0.2) is 0 Å². The molecule has 0 aliphatic carbocycles. The molecule has 2 heterocycles. The van der Waals surface area contributed by atoms with E-state index in [4.69, 9.17) is 16.3 Å². The molecule has 2 aromatic rings. The molecular formula is C15H17ClN2O2. The average molecular weight is 293 g/mol. The number of rotatable bonds is 3. The smallest absolute Gasteiger partial charge is 0.268 e. The van der Waals surface area contributed by atoms with Crippen molar-refractivity contribution in [2.24, 2.45) is 0 Å². The van der Waals surface area contributed by atoms with Crippen molar-refractivity contribution < 1.29 is 9.53 Å². The summed E-state index contributed by atoms with van der Waals surface area (Å²) in [5, 5.41) is 4.61. The summed E-state index contributed by atoms with van der Waals surface area (Å²) in [6, 6.07) is 5.60. The first-order valence-electron chi connectivity index (χ1n) is 6.83. The van der Waals surface area contributed by atoms with Crippen molar-refractivity contribution in [1.29, 1.82) is 0 Å². The highest BCUT2D eigenvalue weighted by atomic mass is 35.5. The normalized spacial score (nSPS) is 18.6. The zero-order valence-corrected chi connectivity index (χ0v) is 12.1. The Balaban J connectivity index is 1.78. The summed E-state index contributed by atoms with van der Waals surface area (Å²) in [5.74, 6) is -0.0923. The molecule has 0 spiro atoms. The average Bonchev–Trinajstić information content (AvgIpc) is 3.04. The van der Waals surface area contributed by atoms with Crippen LogP contribution >= 0.6 is 11.6 Å². The maximum Gasteiger partial charge on any atom is 0.268 e. The van der Waals surface area contributed by atoms with Gasteiger partial charge < -0.3 is 15.0 Å². The Morgan fingerprint density at radius 2 is 2.40 bits per heavy atom.